The molecule has 2 aromatic carbocycles. The molecule has 2 aliphatic rings. The average molecular weight is 423 g/mol. The van der Waals surface area contributed by atoms with Crippen molar-refractivity contribution in [1.82, 2.24) is 4.90 Å². The molecule has 0 saturated carbocycles. The lowest BCUT2D eigenvalue weighted by Crippen LogP contribution is -2.46. The Morgan fingerprint density at radius 2 is 1.74 bits per heavy atom. The molecule has 0 aliphatic carbocycles. The highest BCUT2D eigenvalue weighted by Gasteiger charge is 2.34. The van der Waals surface area contributed by atoms with Gasteiger partial charge in [0, 0.05) is 36.8 Å². The third-order valence-electron chi connectivity index (χ3n) is 6.68. The fraction of sp³-hybridized carbons (Fsp3) is 0.462. The first-order chi connectivity index (χ1) is 14.8. The second-order valence-electron chi connectivity index (χ2n) is 9.21. The zero-order valence-electron chi connectivity index (χ0n) is 18.7. The van der Waals surface area contributed by atoms with Crippen LogP contribution in [0.15, 0.2) is 36.4 Å². The quantitative estimate of drug-likeness (QED) is 0.702. The van der Waals surface area contributed by atoms with Gasteiger partial charge in [0.05, 0.1) is 0 Å². The van der Waals surface area contributed by atoms with E-state index >= 15 is 0 Å². The smallest absolute Gasteiger partial charge is 0.253 e. The number of nitrogens with zero attached hydrogens (tertiary/aromatic N) is 2. The van der Waals surface area contributed by atoms with Gasteiger partial charge in [0.25, 0.3) is 5.91 Å². The number of amides is 2. The van der Waals surface area contributed by atoms with E-state index in [0.717, 1.165) is 49.2 Å². The molecule has 4 rings (SSSR count). The largest absolute Gasteiger partial charge is 0.339 e. The molecule has 2 fully saturated rings. The number of carbonyl (C=O) groups is 2. The molecule has 2 amide bonds. The number of carbonyl (C=O) groups excluding carboxylic acids is 2. The zero-order chi connectivity index (χ0) is 22.1. The van der Waals surface area contributed by atoms with Crippen LogP contribution in [0.25, 0.3) is 0 Å². The lowest BCUT2D eigenvalue weighted by atomic mass is 9.84. The topological polar surface area (TPSA) is 40.6 Å². The van der Waals surface area contributed by atoms with Crippen LogP contribution < -0.4 is 4.90 Å². The molecular formula is C26H31FN2O2. The predicted molar refractivity (Wildman–Crippen MR) is 121 cm³/mol. The summed E-state index contributed by atoms with van der Waals surface area (Å²) in [7, 11) is 0. The third-order valence-corrected chi connectivity index (χ3v) is 6.68. The Bertz CT molecular complexity index is 974. The Morgan fingerprint density at radius 3 is 2.39 bits per heavy atom. The van der Waals surface area contributed by atoms with Crippen molar-refractivity contribution in [1.29, 1.82) is 0 Å². The number of hydrogen-bond donors (Lipinski definition) is 0. The minimum Gasteiger partial charge on any atom is -0.339 e. The molecule has 0 spiro atoms. The second kappa shape index (κ2) is 8.81. The number of benzene rings is 2. The van der Waals surface area contributed by atoms with Crippen molar-refractivity contribution in [2.45, 2.75) is 46.5 Å². The molecule has 2 aromatic rings. The van der Waals surface area contributed by atoms with Crippen molar-refractivity contribution in [2.75, 3.05) is 24.5 Å². The van der Waals surface area contributed by atoms with E-state index in [1.54, 1.807) is 6.07 Å². The number of likely N-dealkylation sites (tertiary alicyclic amines) is 1. The van der Waals surface area contributed by atoms with Gasteiger partial charge < -0.3 is 9.80 Å². The molecule has 0 N–H and O–H groups in total. The van der Waals surface area contributed by atoms with E-state index in [1.165, 1.54) is 6.07 Å². The van der Waals surface area contributed by atoms with Gasteiger partial charge in [0.2, 0.25) is 5.91 Å². The van der Waals surface area contributed by atoms with Crippen LogP contribution in [0, 0.1) is 31.5 Å². The van der Waals surface area contributed by atoms with E-state index in [1.807, 2.05) is 54.8 Å². The first-order valence-electron chi connectivity index (χ1n) is 11.3. The Labute approximate surface area is 184 Å². The lowest BCUT2D eigenvalue weighted by molar-refractivity contribution is -0.124. The molecular weight excluding hydrogens is 391 g/mol. The molecule has 31 heavy (non-hydrogen) atoms. The Kier molecular flexibility index (Phi) is 6.12. The number of piperidine rings is 1. The summed E-state index contributed by atoms with van der Waals surface area (Å²) in [4.78, 5) is 29.7. The van der Waals surface area contributed by atoms with Crippen LogP contribution in [0.2, 0.25) is 0 Å². The van der Waals surface area contributed by atoms with E-state index in [0.29, 0.717) is 24.1 Å². The maximum atomic E-state index is 14.2. The van der Waals surface area contributed by atoms with E-state index in [2.05, 4.69) is 0 Å². The molecule has 0 aromatic heterocycles. The van der Waals surface area contributed by atoms with Gasteiger partial charge in [0.15, 0.2) is 0 Å². The number of halogens is 1. The SMILES string of the molecule is Cc1cc(C(=O)N2CCCC2)cc(C)c1N1C[C@@H](Cc2ccccc2F)C[C@@H](C)C1=O. The second-order valence-corrected chi connectivity index (χ2v) is 9.21. The fourth-order valence-corrected chi connectivity index (χ4v) is 5.22. The molecule has 0 bridgehead atoms. The Balaban J connectivity index is 1.60. The van der Waals surface area contributed by atoms with Crippen LogP contribution in [-0.2, 0) is 11.2 Å². The lowest BCUT2D eigenvalue weighted by Gasteiger charge is -2.38. The first-order valence-corrected chi connectivity index (χ1v) is 11.3. The standard InChI is InChI=1S/C26H31FN2O2/c1-17-13-22(26(31)28-10-6-7-11-28)14-18(2)24(17)29-16-20(12-19(3)25(29)30)15-21-8-4-5-9-23(21)27/h4-5,8-9,13-14,19-20H,6-7,10-12,15-16H2,1-3H3/t19-,20-/m1/s1. The molecule has 0 unspecified atom stereocenters. The zero-order valence-corrected chi connectivity index (χ0v) is 18.7. The minimum absolute atomic E-state index is 0.0750. The normalized spacial score (nSPS) is 21.6. The number of rotatable bonds is 4. The number of aryl methyl sites for hydroxylation is 2. The molecule has 0 radical (unpaired) electrons. The van der Waals surface area contributed by atoms with Crippen LogP contribution in [-0.4, -0.2) is 36.3 Å². The van der Waals surface area contributed by atoms with Gasteiger partial charge in [-0.15, -0.1) is 0 Å². The van der Waals surface area contributed by atoms with Gasteiger partial charge in [-0.05, 0) is 80.3 Å². The molecule has 164 valence electrons. The van der Waals surface area contributed by atoms with E-state index in [9.17, 15) is 14.0 Å². The highest BCUT2D eigenvalue weighted by atomic mass is 19.1. The maximum Gasteiger partial charge on any atom is 0.253 e. The van der Waals surface area contributed by atoms with Crippen LogP contribution in [0.3, 0.4) is 0 Å². The van der Waals surface area contributed by atoms with Crippen molar-refractivity contribution in [3.05, 3.63) is 64.5 Å². The first kappa shape index (κ1) is 21.5. The van der Waals surface area contributed by atoms with Crippen molar-refractivity contribution < 1.29 is 14.0 Å². The van der Waals surface area contributed by atoms with Gasteiger partial charge in [-0.1, -0.05) is 25.1 Å². The number of anilines is 1. The predicted octanol–water partition coefficient (Wildman–Crippen LogP) is 4.91. The Morgan fingerprint density at radius 1 is 1.10 bits per heavy atom. The summed E-state index contributed by atoms with van der Waals surface area (Å²) in [5.41, 5.74) is 4.17. The monoisotopic (exact) mass is 422 g/mol. The summed E-state index contributed by atoms with van der Waals surface area (Å²) in [5.74, 6) is 0.0703. The Hall–Kier alpha value is -2.69. The van der Waals surface area contributed by atoms with Gasteiger partial charge >= 0.3 is 0 Å². The molecule has 4 nitrogen and oxygen atoms in total. The van der Waals surface area contributed by atoms with E-state index in [-0.39, 0.29) is 29.5 Å². The third kappa shape index (κ3) is 4.36. The summed E-state index contributed by atoms with van der Waals surface area (Å²) in [6, 6.07) is 10.7. The summed E-state index contributed by atoms with van der Waals surface area (Å²) in [6.07, 6.45) is 3.49. The van der Waals surface area contributed by atoms with Crippen molar-refractivity contribution >= 4 is 17.5 Å². The van der Waals surface area contributed by atoms with Crippen molar-refractivity contribution in [3.63, 3.8) is 0 Å². The van der Waals surface area contributed by atoms with Gasteiger partial charge in [0.1, 0.15) is 5.82 Å². The van der Waals surface area contributed by atoms with Gasteiger partial charge in [-0.25, -0.2) is 4.39 Å². The maximum absolute atomic E-state index is 14.2. The van der Waals surface area contributed by atoms with Gasteiger partial charge in [-0.3, -0.25) is 9.59 Å². The molecule has 2 atom stereocenters. The molecule has 2 heterocycles. The fourth-order valence-electron chi connectivity index (χ4n) is 5.22. The summed E-state index contributed by atoms with van der Waals surface area (Å²) < 4.78 is 14.2. The van der Waals surface area contributed by atoms with E-state index in [4.69, 9.17) is 0 Å². The molecule has 5 heteroatoms. The average Bonchev–Trinajstić information content (AvgIpc) is 3.27. The van der Waals surface area contributed by atoms with Crippen LogP contribution in [0.5, 0.6) is 0 Å². The molecule has 2 aliphatic heterocycles. The minimum atomic E-state index is -0.184. The van der Waals surface area contributed by atoms with Crippen LogP contribution in [0.1, 0.15) is 53.2 Å². The number of hydrogen-bond acceptors (Lipinski definition) is 2. The van der Waals surface area contributed by atoms with Crippen LogP contribution >= 0.6 is 0 Å². The highest BCUT2D eigenvalue weighted by molar-refractivity contribution is 5.99. The molecule has 2 saturated heterocycles. The summed E-state index contributed by atoms with van der Waals surface area (Å²) >= 11 is 0. The van der Waals surface area contributed by atoms with Crippen LogP contribution in [0.4, 0.5) is 10.1 Å². The summed E-state index contributed by atoms with van der Waals surface area (Å²) in [6.45, 7) is 8.11. The summed E-state index contributed by atoms with van der Waals surface area (Å²) in [5, 5.41) is 0. The van der Waals surface area contributed by atoms with Crippen molar-refractivity contribution in [3.8, 4) is 0 Å². The highest BCUT2D eigenvalue weighted by Crippen LogP contribution is 2.34. The van der Waals surface area contributed by atoms with E-state index < -0.39 is 0 Å². The van der Waals surface area contributed by atoms with Crippen molar-refractivity contribution in [2.24, 2.45) is 11.8 Å². The van der Waals surface area contributed by atoms with Gasteiger partial charge in [-0.2, -0.15) is 0 Å².